The number of H-pyrrole nitrogens is 1. The smallest absolute Gasteiger partial charge is 0.347 e. The van der Waals surface area contributed by atoms with Gasteiger partial charge in [-0.2, -0.15) is 5.10 Å². The summed E-state index contributed by atoms with van der Waals surface area (Å²) in [5.74, 6) is -0.983. The van der Waals surface area contributed by atoms with Gasteiger partial charge in [-0.05, 0) is 26.0 Å². The van der Waals surface area contributed by atoms with Crippen molar-refractivity contribution < 1.29 is 19.1 Å². The summed E-state index contributed by atoms with van der Waals surface area (Å²) in [7, 11) is 0. The van der Waals surface area contributed by atoms with E-state index in [9.17, 15) is 9.59 Å². The van der Waals surface area contributed by atoms with Crippen molar-refractivity contribution >= 4 is 28.7 Å². The fourth-order valence-electron chi connectivity index (χ4n) is 1.83. The van der Waals surface area contributed by atoms with Gasteiger partial charge < -0.3 is 14.8 Å². The number of carbonyl (C=O) groups excluding carboxylic acids is 2. The molecule has 0 aliphatic rings. The molecule has 116 valence electrons. The van der Waals surface area contributed by atoms with E-state index in [0.29, 0.717) is 5.82 Å². The van der Waals surface area contributed by atoms with Crippen LogP contribution in [0.1, 0.15) is 13.8 Å². The highest BCUT2D eigenvalue weighted by molar-refractivity contribution is 6.14. The molecule has 0 spiro atoms. The molecule has 0 saturated carbocycles. The first-order valence-electron chi connectivity index (χ1n) is 6.91. The van der Waals surface area contributed by atoms with Gasteiger partial charge in [-0.15, -0.1) is 0 Å². The molecule has 0 fully saturated rings. The third kappa shape index (κ3) is 3.43. The number of hydrogen-bond donors (Lipinski definition) is 2. The summed E-state index contributed by atoms with van der Waals surface area (Å²) in [6.07, 6.45) is 1.25. The summed E-state index contributed by atoms with van der Waals surface area (Å²) in [6, 6.07) is 7.48. The lowest BCUT2D eigenvalue weighted by Crippen LogP contribution is -2.19. The largest absolute Gasteiger partial charge is 0.462 e. The lowest BCUT2D eigenvalue weighted by Gasteiger charge is -2.06. The molecule has 2 N–H and O–H groups in total. The van der Waals surface area contributed by atoms with E-state index in [1.807, 2.05) is 24.3 Å². The second kappa shape index (κ2) is 7.26. The number of anilines is 1. The van der Waals surface area contributed by atoms with Crippen LogP contribution in [0.15, 0.2) is 36.0 Å². The third-order valence-corrected chi connectivity index (χ3v) is 2.81. The first-order chi connectivity index (χ1) is 10.7. The molecule has 22 heavy (non-hydrogen) atoms. The van der Waals surface area contributed by atoms with Crippen molar-refractivity contribution in [3.8, 4) is 0 Å². The van der Waals surface area contributed by atoms with Crippen LogP contribution in [0.3, 0.4) is 0 Å². The van der Waals surface area contributed by atoms with Crippen molar-refractivity contribution in [2.75, 3.05) is 18.5 Å². The summed E-state index contributed by atoms with van der Waals surface area (Å²) in [4.78, 5) is 23.6. The van der Waals surface area contributed by atoms with E-state index < -0.39 is 11.9 Å². The molecule has 0 saturated heterocycles. The van der Waals surface area contributed by atoms with Crippen molar-refractivity contribution in [1.82, 2.24) is 10.2 Å². The number of rotatable bonds is 6. The molecular formula is C15H17N3O4. The number of fused-ring (bicyclic) bond motifs is 1. The lowest BCUT2D eigenvalue weighted by atomic mass is 10.2. The van der Waals surface area contributed by atoms with Crippen LogP contribution in [0.25, 0.3) is 10.9 Å². The Labute approximate surface area is 127 Å². The van der Waals surface area contributed by atoms with Crippen LogP contribution in [0.2, 0.25) is 0 Å². The van der Waals surface area contributed by atoms with Gasteiger partial charge in [-0.1, -0.05) is 12.1 Å². The highest BCUT2D eigenvalue weighted by Crippen LogP contribution is 2.19. The van der Waals surface area contributed by atoms with E-state index in [1.54, 1.807) is 13.8 Å². The van der Waals surface area contributed by atoms with Crippen LogP contribution < -0.4 is 5.32 Å². The predicted molar refractivity (Wildman–Crippen MR) is 81.1 cm³/mol. The van der Waals surface area contributed by atoms with Gasteiger partial charge >= 0.3 is 11.9 Å². The molecule has 2 aromatic rings. The van der Waals surface area contributed by atoms with Crippen molar-refractivity contribution in [2.24, 2.45) is 0 Å². The zero-order valence-electron chi connectivity index (χ0n) is 12.4. The topological polar surface area (TPSA) is 93.3 Å². The molecule has 1 aromatic carbocycles. The number of carbonyl (C=O) groups is 2. The molecule has 0 unspecified atom stereocenters. The standard InChI is InChI=1S/C15H17N3O4/c1-3-21-14(19)11(15(20)22-4-2)9-16-13-10-7-5-6-8-12(10)17-18-13/h5-9H,3-4H2,1-2H3,(H2,16,17,18). The predicted octanol–water partition coefficient (Wildman–Crippen LogP) is 1.98. The second-order valence-electron chi connectivity index (χ2n) is 4.26. The van der Waals surface area contributed by atoms with Gasteiger partial charge in [0.15, 0.2) is 11.4 Å². The quantitative estimate of drug-likeness (QED) is 0.367. The molecule has 0 atom stereocenters. The van der Waals surface area contributed by atoms with Gasteiger partial charge in [-0.3, -0.25) is 5.10 Å². The van der Waals surface area contributed by atoms with Crippen LogP contribution in [-0.2, 0) is 19.1 Å². The fourth-order valence-corrected chi connectivity index (χ4v) is 1.83. The molecule has 7 nitrogen and oxygen atoms in total. The lowest BCUT2D eigenvalue weighted by molar-refractivity contribution is -0.146. The van der Waals surface area contributed by atoms with Crippen molar-refractivity contribution in [3.63, 3.8) is 0 Å². The number of aromatic amines is 1. The molecule has 2 rings (SSSR count). The van der Waals surface area contributed by atoms with Crippen molar-refractivity contribution in [1.29, 1.82) is 0 Å². The summed E-state index contributed by atoms with van der Waals surface area (Å²) in [5, 5.41) is 10.6. The number of nitrogens with one attached hydrogen (secondary N) is 2. The van der Waals surface area contributed by atoms with E-state index >= 15 is 0 Å². The Morgan fingerprint density at radius 2 is 1.82 bits per heavy atom. The molecule has 0 aliphatic carbocycles. The molecule has 1 heterocycles. The highest BCUT2D eigenvalue weighted by Gasteiger charge is 2.21. The summed E-state index contributed by atoms with van der Waals surface area (Å²) < 4.78 is 9.71. The highest BCUT2D eigenvalue weighted by atomic mass is 16.6. The summed E-state index contributed by atoms with van der Waals surface area (Å²) in [5.41, 5.74) is 0.628. The minimum absolute atomic E-state index is 0.168. The normalized spacial score (nSPS) is 10.1. The number of nitrogens with zero attached hydrogens (tertiary/aromatic N) is 1. The number of benzene rings is 1. The number of para-hydroxylation sites is 1. The summed E-state index contributed by atoms with van der Waals surface area (Å²) in [6.45, 7) is 3.66. The average molecular weight is 303 g/mol. The van der Waals surface area contributed by atoms with E-state index in [1.165, 1.54) is 6.20 Å². The molecule has 7 heteroatoms. The number of ether oxygens (including phenoxy) is 2. The van der Waals surface area contributed by atoms with Gasteiger partial charge in [0.1, 0.15) is 0 Å². The Morgan fingerprint density at radius 1 is 1.18 bits per heavy atom. The zero-order valence-corrected chi connectivity index (χ0v) is 12.4. The molecule has 0 radical (unpaired) electrons. The van der Waals surface area contributed by atoms with Crippen LogP contribution in [-0.4, -0.2) is 35.3 Å². The maximum absolute atomic E-state index is 11.8. The molecule has 0 amide bonds. The van der Waals surface area contributed by atoms with Crippen LogP contribution in [0, 0.1) is 0 Å². The number of hydrogen-bond acceptors (Lipinski definition) is 6. The zero-order chi connectivity index (χ0) is 15.9. The van der Waals surface area contributed by atoms with Gasteiger partial charge in [0.2, 0.25) is 0 Å². The van der Waals surface area contributed by atoms with Crippen molar-refractivity contribution in [3.05, 3.63) is 36.0 Å². The second-order valence-corrected chi connectivity index (χ2v) is 4.26. The molecule has 1 aromatic heterocycles. The Bertz CT molecular complexity index is 686. The SMILES string of the molecule is CCOC(=O)C(=CNc1n[nH]c2ccccc12)C(=O)OCC. The van der Waals surface area contributed by atoms with E-state index in [4.69, 9.17) is 9.47 Å². The Morgan fingerprint density at radius 3 is 2.45 bits per heavy atom. The number of aromatic nitrogens is 2. The first kappa shape index (κ1) is 15.6. The first-order valence-corrected chi connectivity index (χ1v) is 6.91. The minimum atomic E-state index is -0.742. The minimum Gasteiger partial charge on any atom is -0.462 e. The Balaban J connectivity index is 2.25. The summed E-state index contributed by atoms with van der Waals surface area (Å²) >= 11 is 0. The Kier molecular flexibility index (Phi) is 5.13. The molecule has 0 aliphatic heterocycles. The van der Waals surface area contributed by atoms with E-state index in [2.05, 4.69) is 15.5 Å². The van der Waals surface area contributed by atoms with Gasteiger partial charge in [0.05, 0.1) is 18.7 Å². The van der Waals surface area contributed by atoms with Crippen LogP contribution in [0.5, 0.6) is 0 Å². The maximum Gasteiger partial charge on any atom is 0.347 e. The van der Waals surface area contributed by atoms with Gasteiger partial charge in [0, 0.05) is 11.6 Å². The van der Waals surface area contributed by atoms with Crippen molar-refractivity contribution in [2.45, 2.75) is 13.8 Å². The van der Waals surface area contributed by atoms with Gasteiger partial charge in [0.25, 0.3) is 0 Å². The third-order valence-electron chi connectivity index (χ3n) is 2.81. The maximum atomic E-state index is 11.8. The monoisotopic (exact) mass is 303 g/mol. The fraction of sp³-hybridized carbons (Fsp3) is 0.267. The molecular weight excluding hydrogens is 286 g/mol. The van der Waals surface area contributed by atoms with Crippen LogP contribution >= 0.6 is 0 Å². The van der Waals surface area contributed by atoms with Gasteiger partial charge in [-0.25, -0.2) is 9.59 Å². The Hall–Kier alpha value is -2.83. The number of esters is 2. The van der Waals surface area contributed by atoms with E-state index in [-0.39, 0.29) is 18.8 Å². The van der Waals surface area contributed by atoms with Crippen LogP contribution in [0.4, 0.5) is 5.82 Å². The average Bonchev–Trinajstić information content (AvgIpc) is 2.91. The van der Waals surface area contributed by atoms with E-state index in [0.717, 1.165) is 10.9 Å². The molecule has 0 bridgehead atoms.